The fourth-order valence-electron chi connectivity index (χ4n) is 2.36. The Morgan fingerprint density at radius 1 is 0.952 bits per heavy atom. The van der Waals surface area contributed by atoms with Gasteiger partial charge < -0.3 is 0 Å². The molecule has 0 nitrogen and oxygen atoms in total. The fourth-order valence-corrected chi connectivity index (χ4v) is 3.12. The minimum atomic E-state index is -0.388. The van der Waals surface area contributed by atoms with Crippen LogP contribution >= 0.6 is 39.1 Å². The number of hydrogen-bond acceptors (Lipinski definition) is 0. The number of hydrogen-bond donors (Lipinski definition) is 0. The monoisotopic (exact) mass is 382 g/mol. The molecule has 3 aromatic carbocycles. The molecule has 1 unspecified atom stereocenters. The summed E-state index contributed by atoms with van der Waals surface area (Å²) in [6, 6.07) is 16.1. The van der Waals surface area contributed by atoms with Gasteiger partial charge in [0.2, 0.25) is 0 Å². The molecule has 0 fully saturated rings. The van der Waals surface area contributed by atoms with Gasteiger partial charge in [0, 0.05) is 9.86 Å². The first-order valence-electron chi connectivity index (χ1n) is 6.34. The van der Waals surface area contributed by atoms with Crippen molar-refractivity contribution in [3.63, 3.8) is 0 Å². The fraction of sp³-hybridized carbons (Fsp3) is 0.0588. The molecule has 0 aliphatic carbocycles. The Bertz CT molecular complexity index is 817. The maximum atomic E-state index is 13.9. The van der Waals surface area contributed by atoms with E-state index < -0.39 is 0 Å². The van der Waals surface area contributed by atoms with Gasteiger partial charge in [0.25, 0.3) is 0 Å². The molecular weight excluding hydrogens is 374 g/mol. The van der Waals surface area contributed by atoms with Crippen molar-refractivity contribution in [1.29, 1.82) is 0 Å². The van der Waals surface area contributed by atoms with Crippen LogP contribution in [0.1, 0.15) is 16.5 Å². The Kier molecular flexibility index (Phi) is 4.21. The highest BCUT2D eigenvalue weighted by Crippen LogP contribution is 2.36. The molecule has 1 atom stereocenters. The molecule has 0 heterocycles. The number of alkyl halides is 1. The van der Waals surface area contributed by atoms with Gasteiger partial charge in [0.15, 0.2) is 0 Å². The summed E-state index contributed by atoms with van der Waals surface area (Å²) in [5.74, 6) is -0.243. The van der Waals surface area contributed by atoms with Crippen LogP contribution in [0.2, 0.25) is 5.02 Å². The Balaban J connectivity index is 2.15. The van der Waals surface area contributed by atoms with Gasteiger partial charge >= 0.3 is 0 Å². The van der Waals surface area contributed by atoms with Gasteiger partial charge in [-0.25, -0.2) is 4.39 Å². The quantitative estimate of drug-likeness (QED) is 0.430. The number of fused-ring (bicyclic) bond motifs is 1. The zero-order valence-electron chi connectivity index (χ0n) is 10.8. The largest absolute Gasteiger partial charge is 0.206 e. The van der Waals surface area contributed by atoms with Crippen LogP contribution in [0.25, 0.3) is 10.8 Å². The summed E-state index contributed by atoms with van der Waals surface area (Å²) in [6.07, 6.45) is 0. The van der Waals surface area contributed by atoms with Crippen molar-refractivity contribution in [3.05, 3.63) is 81.0 Å². The lowest BCUT2D eigenvalue weighted by Crippen LogP contribution is -1.96. The predicted molar refractivity (Wildman–Crippen MR) is 90.8 cm³/mol. The summed E-state index contributed by atoms with van der Waals surface area (Å²) in [5, 5.41) is 1.60. The molecule has 0 radical (unpaired) electrons. The summed E-state index contributed by atoms with van der Waals surface area (Å²) in [7, 11) is 0. The smallest absolute Gasteiger partial charge is 0.131 e. The molecule has 106 valence electrons. The van der Waals surface area contributed by atoms with E-state index in [4.69, 9.17) is 23.2 Å². The lowest BCUT2D eigenvalue weighted by Gasteiger charge is -2.14. The van der Waals surface area contributed by atoms with Gasteiger partial charge in [-0.15, -0.1) is 11.6 Å². The summed E-state index contributed by atoms with van der Waals surface area (Å²) in [4.78, 5) is 0. The van der Waals surface area contributed by atoms with Gasteiger partial charge in [-0.2, -0.15) is 0 Å². The third-order valence-electron chi connectivity index (χ3n) is 3.41. The number of rotatable bonds is 2. The third kappa shape index (κ3) is 2.80. The summed E-state index contributed by atoms with van der Waals surface area (Å²) in [5.41, 5.74) is 1.74. The summed E-state index contributed by atoms with van der Waals surface area (Å²) in [6.45, 7) is 0. The zero-order valence-corrected chi connectivity index (χ0v) is 13.9. The van der Waals surface area contributed by atoms with Gasteiger partial charge in [-0.1, -0.05) is 48.0 Å². The number of benzene rings is 3. The highest BCUT2D eigenvalue weighted by molar-refractivity contribution is 9.10. The van der Waals surface area contributed by atoms with Gasteiger partial charge in [-0.3, -0.25) is 0 Å². The van der Waals surface area contributed by atoms with E-state index in [0.717, 1.165) is 21.0 Å². The van der Waals surface area contributed by atoms with Crippen LogP contribution in [0.15, 0.2) is 59.1 Å². The van der Waals surface area contributed by atoms with E-state index in [2.05, 4.69) is 15.9 Å². The average molecular weight is 384 g/mol. The molecule has 21 heavy (non-hydrogen) atoms. The van der Waals surface area contributed by atoms with E-state index in [1.54, 1.807) is 12.1 Å². The van der Waals surface area contributed by atoms with Crippen LogP contribution in [-0.4, -0.2) is 0 Å². The molecule has 4 heteroatoms. The van der Waals surface area contributed by atoms with E-state index in [9.17, 15) is 4.39 Å². The minimum absolute atomic E-state index is 0.243. The molecule has 0 aliphatic rings. The molecule has 0 bridgehead atoms. The van der Waals surface area contributed by atoms with Crippen molar-refractivity contribution in [3.8, 4) is 0 Å². The van der Waals surface area contributed by atoms with E-state index in [0.29, 0.717) is 10.4 Å². The van der Waals surface area contributed by atoms with Crippen LogP contribution < -0.4 is 0 Å². The highest BCUT2D eigenvalue weighted by Gasteiger charge is 2.16. The van der Waals surface area contributed by atoms with Gasteiger partial charge in [0.05, 0.1) is 10.4 Å². The number of halogens is 4. The normalized spacial score (nSPS) is 12.6. The van der Waals surface area contributed by atoms with Gasteiger partial charge in [-0.05, 0) is 50.6 Å². The van der Waals surface area contributed by atoms with Crippen molar-refractivity contribution in [2.45, 2.75) is 5.38 Å². The maximum absolute atomic E-state index is 13.9. The van der Waals surface area contributed by atoms with Crippen LogP contribution in [0.5, 0.6) is 0 Å². The first-order valence-corrected chi connectivity index (χ1v) is 7.95. The first-order chi connectivity index (χ1) is 10.1. The van der Waals surface area contributed by atoms with Crippen LogP contribution in [0, 0.1) is 5.82 Å². The second-order valence-electron chi connectivity index (χ2n) is 4.72. The predicted octanol–water partition coefficient (Wildman–Crippen LogP) is 6.72. The molecule has 0 amide bonds. The highest BCUT2D eigenvalue weighted by atomic mass is 79.9. The second kappa shape index (κ2) is 5.96. The second-order valence-corrected chi connectivity index (χ2v) is 6.42. The maximum Gasteiger partial charge on any atom is 0.131 e. The van der Waals surface area contributed by atoms with E-state index in [1.165, 1.54) is 6.07 Å². The first kappa shape index (κ1) is 14.8. The molecule has 0 aromatic heterocycles. The SMILES string of the molecule is Fc1ccc(C(Cl)c2ccc(Br)c(Cl)c2)c2ccccc12. The standard InChI is InChI=1S/C17H10BrCl2F/c18-14-7-5-10(9-15(14)19)17(20)13-6-8-16(21)12-4-2-1-3-11(12)13/h1-9,17H. The average Bonchev–Trinajstić information content (AvgIpc) is 2.50. The molecule has 0 saturated heterocycles. The Morgan fingerprint density at radius 3 is 2.38 bits per heavy atom. The van der Waals surface area contributed by atoms with Crippen LogP contribution in [-0.2, 0) is 0 Å². The Morgan fingerprint density at radius 2 is 1.67 bits per heavy atom. The zero-order chi connectivity index (χ0) is 15.0. The molecule has 3 rings (SSSR count). The van der Waals surface area contributed by atoms with Crippen molar-refractivity contribution >= 4 is 49.9 Å². The molecule has 3 aromatic rings. The summed E-state index contributed by atoms with van der Waals surface area (Å²) < 4.78 is 14.7. The summed E-state index contributed by atoms with van der Waals surface area (Å²) >= 11 is 16.1. The van der Waals surface area contributed by atoms with Crippen molar-refractivity contribution in [2.75, 3.05) is 0 Å². The van der Waals surface area contributed by atoms with Crippen molar-refractivity contribution in [2.24, 2.45) is 0 Å². The third-order valence-corrected chi connectivity index (χ3v) is 5.13. The minimum Gasteiger partial charge on any atom is -0.206 e. The van der Waals surface area contributed by atoms with Gasteiger partial charge in [0.1, 0.15) is 5.82 Å². The van der Waals surface area contributed by atoms with Crippen molar-refractivity contribution < 1.29 is 4.39 Å². The molecule has 0 aliphatic heterocycles. The van der Waals surface area contributed by atoms with Crippen LogP contribution in [0.4, 0.5) is 4.39 Å². The Labute approximate surface area is 140 Å². The van der Waals surface area contributed by atoms with Crippen molar-refractivity contribution in [1.82, 2.24) is 0 Å². The Hall–Kier alpha value is -1.09. The van der Waals surface area contributed by atoms with E-state index in [-0.39, 0.29) is 11.2 Å². The van der Waals surface area contributed by atoms with E-state index in [1.807, 2.05) is 36.4 Å². The molecule has 0 N–H and O–H groups in total. The lowest BCUT2D eigenvalue weighted by molar-refractivity contribution is 0.639. The molecular formula is C17H10BrCl2F. The lowest BCUT2D eigenvalue weighted by atomic mass is 9.98. The molecule has 0 spiro atoms. The topological polar surface area (TPSA) is 0 Å². The van der Waals surface area contributed by atoms with E-state index >= 15 is 0 Å². The molecule has 0 saturated carbocycles. The van der Waals surface area contributed by atoms with Crippen LogP contribution in [0.3, 0.4) is 0 Å².